The van der Waals surface area contributed by atoms with Crippen LogP contribution in [0.25, 0.3) is 0 Å². The van der Waals surface area contributed by atoms with Crippen LogP contribution >= 0.6 is 23.2 Å². The highest BCUT2D eigenvalue weighted by atomic mass is 35.5. The van der Waals surface area contributed by atoms with Gasteiger partial charge in [0.05, 0.1) is 10.0 Å². The van der Waals surface area contributed by atoms with Crippen LogP contribution in [0.4, 0.5) is 0 Å². The highest BCUT2D eigenvalue weighted by Gasteiger charge is 2.33. The third-order valence-electron chi connectivity index (χ3n) is 3.43. The molecule has 1 fully saturated rings. The molecule has 0 amide bonds. The fourth-order valence-electron chi connectivity index (χ4n) is 2.65. The van der Waals surface area contributed by atoms with E-state index >= 15 is 0 Å². The van der Waals surface area contributed by atoms with Crippen LogP contribution in [0.2, 0.25) is 10.0 Å². The van der Waals surface area contributed by atoms with Crippen molar-refractivity contribution < 1.29 is 0 Å². The van der Waals surface area contributed by atoms with Crippen molar-refractivity contribution in [3.05, 3.63) is 33.8 Å². The molecular weight excluding hydrogens is 241 g/mol. The zero-order valence-corrected chi connectivity index (χ0v) is 11.0. The first-order chi connectivity index (χ1) is 7.48. The third kappa shape index (κ3) is 2.71. The summed E-state index contributed by atoms with van der Waals surface area (Å²) in [5.41, 5.74) is 7.53. The van der Waals surface area contributed by atoms with Crippen LogP contribution in [0.5, 0.6) is 0 Å². The molecule has 0 radical (unpaired) electrons. The van der Waals surface area contributed by atoms with Crippen molar-refractivity contribution in [2.45, 2.75) is 38.1 Å². The van der Waals surface area contributed by atoms with Crippen LogP contribution in [-0.2, 0) is 6.42 Å². The Labute approximate surface area is 107 Å². The highest BCUT2D eigenvalue weighted by Crippen LogP contribution is 2.35. The summed E-state index contributed by atoms with van der Waals surface area (Å²) in [5.74, 6) is 0.743. The standard InChI is InChI=1S/C13H17Cl2N/c1-9-4-5-13(16,7-9)8-10-2-3-11(14)12(15)6-10/h2-3,6,9H,4-5,7-8,16H2,1H3. The molecule has 0 aromatic heterocycles. The lowest BCUT2D eigenvalue weighted by atomic mass is 9.89. The molecule has 2 atom stereocenters. The Morgan fingerprint density at radius 2 is 2.12 bits per heavy atom. The Morgan fingerprint density at radius 1 is 1.38 bits per heavy atom. The molecular formula is C13H17Cl2N. The van der Waals surface area contributed by atoms with E-state index in [2.05, 4.69) is 6.92 Å². The van der Waals surface area contributed by atoms with Crippen molar-refractivity contribution in [3.63, 3.8) is 0 Å². The van der Waals surface area contributed by atoms with Gasteiger partial charge >= 0.3 is 0 Å². The number of rotatable bonds is 2. The SMILES string of the molecule is CC1CCC(N)(Cc2ccc(Cl)c(Cl)c2)C1. The van der Waals surface area contributed by atoms with Crippen molar-refractivity contribution >= 4 is 23.2 Å². The average Bonchev–Trinajstić information content (AvgIpc) is 2.52. The summed E-state index contributed by atoms with van der Waals surface area (Å²) in [6, 6.07) is 5.80. The van der Waals surface area contributed by atoms with E-state index < -0.39 is 0 Å². The van der Waals surface area contributed by atoms with Gasteiger partial charge in [-0.1, -0.05) is 36.2 Å². The van der Waals surface area contributed by atoms with Gasteiger partial charge in [-0.25, -0.2) is 0 Å². The van der Waals surface area contributed by atoms with Crippen LogP contribution in [-0.4, -0.2) is 5.54 Å². The molecule has 2 N–H and O–H groups in total. The molecule has 0 saturated heterocycles. The predicted molar refractivity (Wildman–Crippen MR) is 70.1 cm³/mol. The van der Waals surface area contributed by atoms with Gasteiger partial charge < -0.3 is 5.73 Å². The molecule has 0 aliphatic heterocycles. The van der Waals surface area contributed by atoms with Gasteiger partial charge in [-0.05, 0) is 49.3 Å². The molecule has 0 heterocycles. The average molecular weight is 258 g/mol. The third-order valence-corrected chi connectivity index (χ3v) is 4.17. The summed E-state index contributed by atoms with van der Waals surface area (Å²) >= 11 is 11.9. The summed E-state index contributed by atoms with van der Waals surface area (Å²) in [5, 5.41) is 1.23. The maximum Gasteiger partial charge on any atom is 0.0595 e. The van der Waals surface area contributed by atoms with E-state index in [9.17, 15) is 0 Å². The fraction of sp³-hybridized carbons (Fsp3) is 0.538. The summed E-state index contributed by atoms with van der Waals surface area (Å²) in [7, 11) is 0. The Balaban J connectivity index is 2.12. The normalized spacial score (nSPS) is 29.6. The molecule has 1 aromatic rings. The van der Waals surface area contributed by atoms with Crippen molar-refractivity contribution in [2.75, 3.05) is 0 Å². The second-order valence-corrected chi connectivity index (χ2v) is 5.95. The lowest BCUT2D eigenvalue weighted by Gasteiger charge is -2.24. The van der Waals surface area contributed by atoms with Gasteiger partial charge in [0.2, 0.25) is 0 Å². The Kier molecular flexibility index (Phi) is 3.48. The van der Waals surface area contributed by atoms with Crippen LogP contribution in [0.15, 0.2) is 18.2 Å². The van der Waals surface area contributed by atoms with Crippen LogP contribution in [0.1, 0.15) is 31.7 Å². The minimum Gasteiger partial charge on any atom is -0.325 e. The molecule has 3 heteroatoms. The van der Waals surface area contributed by atoms with E-state index in [0.29, 0.717) is 10.0 Å². The molecule has 1 saturated carbocycles. The lowest BCUT2D eigenvalue weighted by molar-refractivity contribution is 0.419. The van der Waals surface area contributed by atoms with Gasteiger partial charge in [0.15, 0.2) is 0 Å². The molecule has 0 spiro atoms. The van der Waals surface area contributed by atoms with Gasteiger partial charge in [-0.15, -0.1) is 0 Å². The first kappa shape index (κ1) is 12.2. The van der Waals surface area contributed by atoms with Crippen molar-refractivity contribution in [3.8, 4) is 0 Å². The first-order valence-electron chi connectivity index (χ1n) is 5.71. The summed E-state index contributed by atoms with van der Waals surface area (Å²) in [6.45, 7) is 2.27. The Hall–Kier alpha value is -0.240. The minimum absolute atomic E-state index is 0.0451. The number of hydrogen-bond acceptors (Lipinski definition) is 1. The molecule has 88 valence electrons. The van der Waals surface area contributed by atoms with Crippen LogP contribution in [0.3, 0.4) is 0 Å². The monoisotopic (exact) mass is 257 g/mol. The lowest BCUT2D eigenvalue weighted by Crippen LogP contribution is -2.39. The molecule has 1 aliphatic rings. The van der Waals surface area contributed by atoms with E-state index in [-0.39, 0.29) is 5.54 Å². The topological polar surface area (TPSA) is 26.0 Å². The maximum absolute atomic E-state index is 6.39. The van der Waals surface area contributed by atoms with Gasteiger partial charge in [0.25, 0.3) is 0 Å². The van der Waals surface area contributed by atoms with Crippen molar-refractivity contribution in [1.29, 1.82) is 0 Å². The smallest absolute Gasteiger partial charge is 0.0595 e. The quantitative estimate of drug-likeness (QED) is 0.850. The molecule has 0 bridgehead atoms. The molecule has 1 nitrogen and oxygen atoms in total. The zero-order valence-electron chi connectivity index (χ0n) is 9.47. The molecule has 1 aliphatic carbocycles. The van der Waals surface area contributed by atoms with Crippen LogP contribution < -0.4 is 5.73 Å². The van der Waals surface area contributed by atoms with Gasteiger partial charge in [-0.2, -0.15) is 0 Å². The summed E-state index contributed by atoms with van der Waals surface area (Å²) in [4.78, 5) is 0. The van der Waals surface area contributed by atoms with E-state index in [1.807, 2.05) is 18.2 Å². The molecule has 2 rings (SSSR count). The molecule has 1 aromatic carbocycles. The maximum atomic E-state index is 6.39. The summed E-state index contributed by atoms with van der Waals surface area (Å²) < 4.78 is 0. The number of benzene rings is 1. The van der Waals surface area contributed by atoms with Crippen molar-refractivity contribution in [1.82, 2.24) is 0 Å². The second-order valence-electron chi connectivity index (χ2n) is 5.14. The van der Waals surface area contributed by atoms with Crippen molar-refractivity contribution in [2.24, 2.45) is 11.7 Å². The Morgan fingerprint density at radius 3 is 2.69 bits per heavy atom. The van der Waals surface area contributed by atoms with E-state index in [1.165, 1.54) is 12.0 Å². The number of hydrogen-bond donors (Lipinski definition) is 1. The number of nitrogens with two attached hydrogens (primary N) is 1. The van der Waals surface area contributed by atoms with E-state index in [1.54, 1.807) is 0 Å². The number of halogens is 2. The predicted octanol–water partition coefficient (Wildman–Crippen LogP) is 4.05. The Bertz CT molecular complexity index is 392. The largest absolute Gasteiger partial charge is 0.325 e. The highest BCUT2D eigenvalue weighted by molar-refractivity contribution is 6.42. The van der Waals surface area contributed by atoms with Gasteiger partial charge in [0, 0.05) is 5.54 Å². The van der Waals surface area contributed by atoms with E-state index in [0.717, 1.165) is 25.2 Å². The van der Waals surface area contributed by atoms with Gasteiger partial charge in [-0.3, -0.25) is 0 Å². The molecule has 16 heavy (non-hydrogen) atoms. The second kappa shape index (κ2) is 4.56. The minimum atomic E-state index is -0.0451. The van der Waals surface area contributed by atoms with E-state index in [4.69, 9.17) is 28.9 Å². The van der Waals surface area contributed by atoms with Crippen LogP contribution in [0, 0.1) is 5.92 Å². The first-order valence-corrected chi connectivity index (χ1v) is 6.47. The fourth-order valence-corrected chi connectivity index (χ4v) is 2.97. The zero-order chi connectivity index (χ0) is 11.8. The summed E-state index contributed by atoms with van der Waals surface area (Å²) in [6.07, 6.45) is 4.34. The molecule has 2 unspecified atom stereocenters. The van der Waals surface area contributed by atoms with Gasteiger partial charge in [0.1, 0.15) is 0 Å².